The molecule has 1 atom stereocenters. The van der Waals surface area contributed by atoms with E-state index in [9.17, 15) is 0 Å². The summed E-state index contributed by atoms with van der Waals surface area (Å²) in [4.78, 5) is 0. The van der Waals surface area contributed by atoms with Crippen LogP contribution >= 0.6 is 0 Å². The topological polar surface area (TPSA) is 0 Å². The smallest absolute Gasteiger partial charge is 0.0323 e. The first kappa shape index (κ1) is 14.7. The minimum Gasteiger partial charge on any atom is -0.100 e. The second-order valence-electron chi connectivity index (χ2n) is 5.16. The molecular formula is C15H30. The Labute approximate surface area is 97.2 Å². The van der Waals surface area contributed by atoms with Crippen LogP contribution in [0.5, 0.6) is 0 Å². The van der Waals surface area contributed by atoms with Gasteiger partial charge in [-0.2, -0.15) is 0 Å². The molecule has 0 nitrogen and oxygen atoms in total. The van der Waals surface area contributed by atoms with Gasteiger partial charge in [0.05, 0.1) is 0 Å². The van der Waals surface area contributed by atoms with Gasteiger partial charge in [-0.3, -0.25) is 0 Å². The van der Waals surface area contributed by atoms with Gasteiger partial charge in [-0.1, -0.05) is 64.4 Å². The molecule has 0 spiro atoms. The standard InChI is InChI=1S/C15H30/c1-5-6-7-8-9-10-11-15(4)13-12-14(2)3/h15H,2,5-13H2,1,3-4H3. The average Bonchev–Trinajstić information content (AvgIpc) is 2.20. The maximum absolute atomic E-state index is 3.96. The van der Waals surface area contributed by atoms with Crippen LogP contribution in [0.25, 0.3) is 0 Å². The lowest BCUT2D eigenvalue weighted by atomic mass is 9.96. The van der Waals surface area contributed by atoms with E-state index in [4.69, 9.17) is 0 Å². The van der Waals surface area contributed by atoms with Crippen LogP contribution in [0.3, 0.4) is 0 Å². The first-order valence-electron chi connectivity index (χ1n) is 6.81. The number of allylic oxidation sites excluding steroid dienone is 1. The van der Waals surface area contributed by atoms with E-state index >= 15 is 0 Å². The first-order valence-corrected chi connectivity index (χ1v) is 6.81. The normalized spacial score (nSPS) is 12.7. The maximum Gasteiger partial charge on any atom is -0.0323 e. The van der Waals surface area contributed by atoms with Crippen LogP contribution in [0.4, 0.5) is 0 Å². The zero-order valence-electron chi connectivity index (χ0n) is 11.1. The summed E-state index contributed by atoms with van der Waals surface area (Å²) in [6, 6.07) is 0. The fraction of sp³-hybridized carbons (Fsp3) is 0.867. The van der Waals surface area contributed by atoms with Crippen molar-refractivity contribution in [3.05, 3.63) is 12.2 Å². The van der Waals surface area contributed by atoms with Gasteiger partial charge in [-0.05, 0) is 25.7 Å². The molecule has 0 aromatic carbocycles. The Morgan fingerprint density at radius 2 is 1.60 bits per heavy atom. The van der Waals surface area contributed by atoms with Crippen LogP contribution in [-0.2, 0) is 0 Å². The molecule has 0 aromatic heterocycles. The molecule has 0 heterocycles. The van der Waals surface area contributed by atoms with Gasteiger partial charge in [0, 0.05) is 0 Å². The third-order valence-electron chi connectivity index (χ3n) is 3.11. The molecule has 0 N–H and O–H groups in total. The van der Waals surface area contributed by atoms with E-state index in [1.807, 2.05) is 0 Å². The zero-order valence-corrected chi connectivity index (χ0v) is 11.1. The van der Waals surface area contributed by atoms with Gasteiger partial charge < -0.3 is 0 Å². The molecule has 0 rings (SSSR count). The highest BCUT2D eigenvalue weighted by Gasteiger charge is 2.01. The Kier molecular flexibility index (Phi) is 10.1. The Balaban J connectivity index is 3.16. The van der Waals surface area contributed by atoms with E-state index in [2.05, 4.69) is 27.4 Å². The highest BCUT2D eigenvalue weighted by molar-refractivity contribution is 4.87. The number of unbranched alkanes of at least 4 members (excludes halogenated alkanes) is 5. The third-order valence-corrected chi connectivity index (χ3v) is 3.11. The van der Waals surface area contributed by atoms with Crippen molar-refractivity contribution in [1.29, 1.82) is 0 Å². The summed E-state index contributed by atoms with van der Waals surface area (Å²) >= 11 is 0. The molecule has 0 fully saturated rings. The molecule has 90 valence electrons. The lowest BCUT2D eigenvalue weighted by Crippen LogP contribution is -1.95. The minimum atomic E-state index is 0.896. The Hall–Kier alpha value is -0.260. The zero-order chi connectivity index (χ0) is 11.5. The largest absolute Gasteiger partial charge is 0.100 e. The van der Waals surface area contributed by atoms with Crippen LogP contribution in [0.2, 0.25) is 0 Å². The summed E-state index contributed by atoms with van der Waals surface area (Å²) in [5.41, 5.74) is 1.34. The van der Waals surface area contributed by atoms with Crippen molar-refractivity contribution in [2.75, 3.05) is 0 Å². The maximum atomic E-state index is 3.96. The number of rotatable bonds is 10. The minimum absolute atomic E-state index is 0.896. The fourth-order valence-electron chi connectivity index (χ4n) is 1.91. The van der Waals surface area contributed by atoms with Crippen molar-refractivity contribution < 1.29 is 0 Å². The Morgan fingerprint density at radius 3 is 2.20 bits per heavy atom. The van der Waals surface area contributed by atoms with Crippen LogP contribution in [-0.4, -0.2) is 0 Å². The van der Waals surface area contributed by atoms with Crippen LogP contribution in [0, 0.1) is 5.92 Å². The number of hydrogen-bond donors (Lipinski definition) is 0. The summed E-state index contributed by atoms with van der Waals surface area (Å²) in [5.74, 6) is 0.896. The SMILES string of the molecule is C=C(C)CCC(C)CCCCCCCC. The molecule has 0 saturated carbocycles. The van der Waals surface area contributed by atoms with Gasteiger partial charge in [0.2, 0.25) is 0 Å². The quantitative estimate of drug-likeness (QED) is 0.319. The second kappa shape index (κ2) is 10.3. The molecular weight excluding hydrogens is 180 g/mol. The summed E-state index contributed by atoms with van der Waals surface area (Å²) in [6.45, 7) is 10.8. The molecule has 0 aromatic rings. The van der Waals surface area contributed by atoms with E-state index in [0.29, 0.717) is 0 Å². The molecule has 0 heteroatoms. The number of hydrogen-bond acceptors (Lipinski definition) is 0. The Morgan fingerprint density at radius 1 is 1.00 bits per heavy atom. The molecule has 0 amide bonds. The van der Waals surface area contributed by atoms with Gasteiger partial charge in [0.15, 0.2) is 0 Å². The first-order chi connectivity index (χ1) is 7.16. The fourth-order valence-corrected chi connectivity index (χ4v) is 1.91. The average molecular weight is 210 g/mol. The summed E-state index contributed by atoms with van der Waals surface area (Å²) in [7, 11) is 0. The van der Waals surface area contributed by atoms with Crippen LogP contribution in [0.15, 0.2) is 12.2 Å². The molecule has 0 aliphatic carbocycles. The lowest BCUT2D eigenvalue weighted by molar-refractivity contribution is 0.456. The van der Waals surface area contributed by atoms with Gasteiger partial charge in [0.25, 0.3) is 0 Å². The summed E-state index contributed by atoms with van der Waals surface area (Å²) in [5, 5.41) is 0. The molecule has 1 unspecified atom stereocenters. The predicted molar refractivity (Wildman–Crippen MR) is 71.2 cm³/mol. The van der Waals surface area contributed by atoms with Crippen LogP contribution < -0.4 is 0 Å². The molecule has 0 radical (unpaired) electrons. The van der Waals surface area contributed by atoms with E-state index in [-0.39, 0.29) is 0 Å². The van der Waals surface area contributed by atoms with E-state index in [1.54, 1.807) is 0 Å². The van der Waals surface area contributed by atoms with Gasteiger partial charge in [-0.25, -0.2) is 0 Å². The van der Waals surface area contributed by atoms with Crippen molar-refractivity contribution in [1.82, 2.24) is 0 Å². The van der Waals surface area contributed by atoms with E-state index in [0.717, 1.165) is 5.92 Å². The van der Waals surface area contributed by atoms with Crippen molar-refractivity contribution in [3.63, 3.8) is 0 Å². The highest BCUT2D eigenvalue weighted by atomic mass is 14.1. The van der Waals surface area contributed by atoms with Crippen LogP contribution in [0.1, 0.15) is 78.6 Å². The molecule has 0 aliphatic rings. The van der Waals surface area contributed by atoms with Gasteiger partial charge in [-0.15, -0.1) is 6.58 Å². The molecule has 0 aliphatic heterocycles. The van der Waals surface area contributed by atoms with Gasteiger partial charge >= 0.3 is 0 Å². The lowest BCUT2D eigenvalue weighted by Gasteiger charge is -2.10. The highest BCUT2D eigenvalue weighted by Crippen LogP contribution is 2.17. The summed E-state index contributed by atoms with van der Waals surface area (Å²) < 4.78 is 0. The van der Waals surface area contributed by atoms with Crippen molar-refractivity contribution >= 4 is 0 Å². The Bertz CT molecular complexity index is 146. The van der Waals surface area contributed by atoms with Crippen molar-refractivity contribution in [2.24, 2.45) is 5.92 Å². The second-order valence-corrected chi connectivity index (χ2v) is 5.16. The van der Waals surface area contributed by atoms with Crippen molar-refractivity contribution in [3.8, 4) is 0 Å². The third kappa shape index (κ3) is 11.7. The monoisotopic (exact) mass is 210 g/mol. The van der Waals surface area contributed by atoms with E-state index < -0.39 is 0 Å². The summed E-state index contributed by atoms with van der Waals surface area (Å²) in [6.07, 6.45) is 12.5. The van der Waals surface area contributed by atoms with Gasteiger partial charge in [0.1, 0.15) is 0 Å². The molecule has 0 saturated heterocycles. The van der Waals surface area contributed by atoms with E-state index in [1.165, 1.54) is 63.4 Å². The molecule has 0 bridgehead atoms. The van der Waals surface area contributed by atoms with Crippen molar-refractivity contribution in [2.45, 2.75) is 78.6 Å². The predicted octanol–water partition coefficient (Wildman–Crippen LogP) is 5.73. The molecule has 15 heavy (non-hydrogen) atoms.